The number of carbonyl (C=O) groups is 1. The van der Waals surface area contributed by atoms with Crippen molar-refractivity contribution in [3.05, 3.63) is 11.6 Å². The Balaban J connectivity index is 2.47. The van der Waals surface area contributed by atoms with Gasteiger partial charge in [0.1, 0.15) is 0 Å². The molecular formula is C13H23NO3. The standard InChI is InChI=1S/C13H23NO3/c1-4-11(13(15)17-3)7-8-14(9-10-16-2)12-5-6-12/h7,12H,4-6,8-10H2,1-3H3. The van der Waals surface area contributed by atoms with Crippen molar-refractivity contribution in [2.24, 2.45) is 0 Å². The molecule has 0 spiro atoms. The average molecular weight is 241 g/mol. The maximum atomic E-state index is 11.4. The molecule has 0 amide bonds. The van der Waals surface area contributed by atoms with Crippen molar-refractivity contribution in [1.82, 2.24) is 4.90 Å². The van der Waals surface area contributed by atoms with E-state index in [0.717, 1.165) is 31.7 Å². The normalized spacial score (nSPS) is 16.4. The number of carbonyl (C=O) groups excluding carboxylic acids is 1. The van der Waals surface area contributed by atoms with Gasteiger partial charge in [0.25, 0.3) is 0 Å². The van der Waals surface area contributed by atoms with Gasteiger partial charge in [0, 0.05) is 31.8 Å². The summed E-state index contributed by atoms with van der Waals surface area (Å²) in [6.45, 7) is 4.45. The first kappa shape index (κ1) is 14.2. The van der Waals surface area contributed by atoms with E-state index in [0.29, 0.717) is 6.04 Å². The molecule has 0 aromatic rings. The van der Waals surface area contributed by atoms with E-state index in [1.807, 2.05) is 13.0 Å². The van der Waals surface area contributed by atoms with E-state index in [4.69, 9.17) is 9.47 Å². The Hall–Kier alpha value is -0.870. The summed E-state index contributed by atoms with van der Waals surface area (Å²) in [6, 6.07) is 0.678. The number of rotatable bonds is 8. The molecule has 0 N–H and O–H groups in total. The van der Waals surface area contributed by atoms with Crippen LogP contribution in [-0.4, -0.2) is 50.8 Å². The smallest absolute Gasteiger partial charge is 0.333 e. The fraction of sp³-hybridized carbons (Fsp3) is 0.769. The fourth-order valence-corrected chi connectivity index (χ4v) is 1.80. The molecule has 0 heterocycles. The van der Waals surface area contributed by atoms with Gasteiger partial charge in [-0.05, 0) is 19.3 Å². The summed E-state index contributed by atoms with van der Waals surface area (Å²) < 4.78 is 9.84. The van der Waals surface area contributed by atoms with Crippen LogP contribution in [0.2, 0.25) is 0 Å². The van der Waals surface area contributed by atoms with E-state index in [-0.39, 0.29) is 5.97 Å². The van der Waals surface area contributed by atoms with Crippen LogP contribution < -0.4 is 0 Å². The van der Waals surface area contributed by atoms with Crippen LogP contribution in [0.4, 0.5) is 0 Å². The predicted molar refractivity (Wildman–Crippen MR) is 66.9 cm³/mol. The van der Waals surface area contributed by atoms with E-state index >= 15 is 0 Å². The lowest BCUT2D eigenvalue weighted by molar-refractivity contribution is -0.136. The van der Waals surface area contributed by atoms with Gasteiger partial charge < -0.3 is 9.47 Å². The second kappa shape index (κ2) is 7.45. The lowest BCUT2D eigenvalue weighted by Gasteiger charge is -2.20. The van der Waals surface area contributed by atoms with Crippen LogP contribution in [0.1, 0.15) is 26.2 Å². The number of hydrogen-bond donors (Lipinski definition) is 0. The topological polar surface area (TPSA) is 38.8 Å². The number of hydrogen-bond acceptors (Lipinski definition) is 4. The summed E-state index contributed by atoms with van der Waals surface area (Å²) in [6.07, 6.45) is 5.23. The molecule has 0 aromatic carbocycles. The minimum Gasteiger partial charge on any atom is -0.466 e. The summed E-state index contributed by atoms with van der Waals surface area (Å²) in [5.41, 5.74) is 0.760. The molecule has 0 aromatic heterocycles. The van der Waals surface area contributed by atoms with Crippen LogP contribution in [0.25, 0.3) is 0 Å². The van der Waals surface area contributed by atoms with Gasteiger partial charge in [-0.2, -0.15) is 0 Å². The molecule has 0 saturated heterocycles. The molecule has 0 aliphatic heterocycles. The SMILES string of the molecule is CCC(=CCN(CCOC)C1CC1)C(=O)OC. The molecule has 4 nitrogen and oxygen atoms in total. The molecule has 17 heavy (non-hydrogen) atoms. The molecule has 0 unspecified atom stereocenters. The van der Waals surface area contributed by atoms with Crippen LogP contribution in [0.5, 0.6) is 0 Å². The third-order valence-corrected chi connectivity index (χ3v) is 3.05. The van der Waals surface area contributed by atoms with Gasteiger partial charge in [0.15, 0.2) is 0 Å². The second-order valence-corrected chi connectivity index (χ2v) is 4.29. The Labute approximate surface area is 104 Å². The van der Waals surface area contributed by atoms with Crippen LogP contribution in [-0.2, 0) is 14.3 Å². The first-order valence-electron chi connectivity index (χ1n) is 6.23. The van der Waals surface area contributed by atoms with Crippen molar-refractivity contribution < 1.29 is 14.3 Å². The van der Waals surface area contributed by atoms with Crippen LogP contribution in [0.15, 0.2) is 11.6 Å². The molecule has 1 aliphatic carbocycles. The average Bonchev–Trinajstić information content (AvgIpc) is 3.17. The Morgan fingerprint density at radius 2 is 2.12 bits per heavy atom. The van der Waals surface area contributed by atoms with Gasteiger partial charge >= 0.3 is 5.97 Å². The first-order valence-corrected chi connectivity index (χ1v) is 6.23. The van der Waals surface area contributed by atoms with Gasteiger partial charge in [-0.3, -0.25) is 4.90 Å². The number of ether oxygens (including phenoxy) is 2. The zero-order chi connectivity index (χ0) is 12.7. The third-order valence-electron chi connectivity index (χ3n) is 3.05. The lowest BCUT2D eigenvalue weighted by Crippen LogP contribution is -2.30. The van der Waals surface area contributed by atoms with Crippen LogP contribution >= 0.6 is 0 Å². The predicted octanol–water partition coefficient (Wildman–Crippen LogP) is 1.61. The summed E-state index contributed by atoms with van der Waals surface area (Å²) >= 11 is 0. The highest BCUT2D eigenvalue weighted by molar-refractivity contribution is 5.88. The first-order chi connectivity index (χ1) is 8.22. The van der Waals surface area contributed by atoms with Crippen molar-refractivity contribution in [2.75, 3.05) is 33.9 Å². The molecule has 98 valence electrons. The minimum atomic E-state index is -0.213. The largest absolute Gasteiger partial charge is 0.466 e. The third kappa shape index (κ3) is 4.88. The summed E-state index contributed by atoms with van der Waals surface area (Å²) in [5, 5.41) is 0. The number of nitrogens with zero attached hydrogens (tertiary/aromatic N) is 1. The zero-order valence-corrected chi connectivity index (χ0v) is 11.1. The molecular weight excluding hydrogens is 218 g/mol. The molecule has 0 radical (unpaired) electrons. The van der Waals surface area contributed by atoms with E-state index in [2.05, 4.69) is 4.90 Å². The zero-order valence-electron chi connectivity index (χ0n) is 11.1. The lowest BCUT2D eigenvalue weighted by atomic mass is 10.2. The van der Waals surface area contributed by atoms with E-state index in [1.165, 1.54) is 20.0 Å². The molecule has 0 atom stereocenters. The number of methoxy groups -OCH3 is 2. The maximum absolute atomic E-state index is 11.4. The summed E-state index contributed by atoms with van der Waals surface area (Å²) in [5.74, 6) is -0.213. The van der Waals surface area contributed by atoms with E-state index in [9.17, 15) is 4.79 Å². The van der Waals surface area contributed by atoms with Gasteiger partial charge in [0.2, 0.25) is 0 Å². The van der Waals surface area contributed by atoms with Crippen LogP contribution in [0.3, 0.4) is 0 Å². The quantitative estimate of drug-likeness (QED) is 0.478. The van der Waals surface area contributed by atoms with Gasteiger partial charge in [-0.25, -0.2) is 4.79 Å². The van der Waals surface area contributed by atoms with Crippen molar-refractivity contribution in [1.29, 1.82) is 0 Å². The Morgan fingerprint density at radius 3 is 2.59 bits per heavy atom. The van der Waals surface area contributed by atoms with Crippen molar-refractivity contribution in [2.45, 2.75) is 32.2 Å². The Bertz CT molecular complexity index is 272. The fourth-order valence-electron chi connectivity index (χ4n) is 1.80. The molecule has 1 fully saturated rings. The molecule has 0 bridgehead atoms. The highest BCUT2D eigenvalue weighted by atomic mass is 16.5. The monoisotopic (exact) mass is 241 g/mol. The molecule has 1 aliphatic rings. The van der Waals surface area contributed by atoms with Crippen LogP contribution in [0, 0.1) is 0 Å². The molecule has 4 heteroatoms. The summed E-state index contributed by atoms with van der Waals surface area (Å²) in [4.78, 5) is 13.8. The highest BCUT2D eigenvalue weighted by Crippen LogP contribution is 2.26. The van der Waals surface area contributed by atoms with Gasteiger partial charge in [-0.1, -0.05) is 13.0 Å². The van der Waals surface area contributed by atoms with Gasteiger partial charge in [-0.15, -0.1) is 0 Å². The molecule has 1 rings (SSSR count). The van der Waals surface area contributed by atoms with Crippen molar-refractivity contribution in [3.63, 3.8) is 0 Å². The number of esters is 1. The minimum absolute atomic E-state index is 0.213. The summed E-state index contributed by atoms with van der Waals surface area (Å²) in [7, 11) is 3.14. The Kier molecular flexibility index (Phi) is 6.22. The molecule has 1 saturated carbocycles. The van der Waals surface area contributed by atoms with Gasteiger partial charge in [0.05, 0.1) is 13.7 Å². The highest BCUT2D eigenvalue weighted by Gasteiger charge is 2.27. The maximum Gasteiger partial charge on any atom is 0.333 e. The van der Waals surface area contributed by atoms with Crippen molar-refractivity contribution in [3.8, 4) is 0 Å². The Morgan fingerprint density at radius 1 is 1.41 bits per heavy atom. The van der Waals surface area contributed by atoms with E-state index in [1.54, 1.807) is 7.11 Å². The van der Waals surface area contributed by atoms with Crippen molar-refractivity contribution >= 4 is 5.97 Å². The van der Waals surface area contributed by atoms with E-state index < -0.39 is 0 Å². The second-order valence-electron chi connectivity index (χ2n) is 4.29.